The molecule has 49 valence electrons. The van der Waals surface area contributed by atoms with E-state index < -0.39 is 0 Å². The molecule has 0 saturated carbocycles. The third kappa shape index (κ3) is 6.96. The highest BCUT2D eigenvalue weighted by Gasteiger charge is 1.98. The Kier molecular flexibility index (Phi) is 5.38. The van der Waals surface area contributed by atoms with Gasteiger partial charge in [-0.1, -0.05) is 45.7 Å². The van der Waals surface area contributed by atoms with Gasteiger partial charge in [-0.25, -0.2) is 0 Å². The molecule has 1 radical (unpaired) electrons. The van der Waals surface area contributed by atoms with Crippen molar-refractivity contribution in [1.29, 1.82) is 0 Å². The summed E-state index contributed by atoms with van der Waals surface area (Å²) in [7, 11) is 0. The van der Waals surface area contributed by atoms with Gasteiger partial charge in [0.25, 0.3) is 0 Å². The number of halogens is 2. The van der Waals surface area contributed by atoms with Crippen molar-refractivity contribution in [2.75, 3.05) is 0 Å². The highest BCUT2D eigenvalue weighted by molar-refractivity contribution is 9.09. The fourth-order valence-corrected chi connectivity index (χ4v) is 0.807. The van der Waals surface area contributed by atoms with Crippen LogP contribution in [0.3, 0.4) is 0 Å². The van der Waals surface area contributed by atoms with Gasteiger partial charge in [-0.05, 0) is 12.8 Å². The molecular formula is C6H11Br2. The van der Waals surface area contributed by atoms with E-state index in [-0.39, 0.29) is 0 Å². The van der Waals surface area contributed by atoms with Gasteiger partial charge in [0.05, 0.1) is 0 Å². The zero-order valence-electron chi connectivity index (χ0n) is 5.20. The Morgan fingerprint density at radius 1 is 1.38 bits per heavy atom. The molecule has 0 aliphatic heterocycles. The molecule has 0 aliphatic carbocycles. The van der Waals surface area contributed by atoms with Crippen molar-refractivity contribution in [2.24, 2.45) is 0 Å². The summed E-state index contributed by atoms with van der Waals surface area (Å²) >= 11 is 6.88. The topological polar surface area (TPSA) is 0 Å². The van der Waals surface area contributed by atoms with Crippen LogP contribution in [0.4, 0.5) is 0 Å². The van der Waals surface area contributed by atoms with E-state index in [4.69, 9.17) is 0 Å². The molecule has 0 bridgehead atoms. The first kappa shape index (κ1) is 8.96. The van der Waals surface area contributed by atoms with Gasteiger partial charge in [0.1, 0.15) is 0 Å². The third-order valence-corrected chi connectivity index (χ3v) is 1.53. The number of alkyl halides is 2. The van der Waals surface area contributed by atoms with Crippen molar-refractivity contribution in [1.82, 2.24) is 0 Å². The van der Waals surface area contributed by atoms with Crippen molar-refractivity contribution in [2.45, 2.75) is 29.9 Å². The average Bonchev–Trinajstić information content (AvgIpc) is 1.61. The molecule has 0 fully saturated rings. The Bertz CT molecular complexity index is 42.5. The lowest BCUT2D eigenvalue weighted by atomic mass is 10.2. The third-order valence-electron chi connectivity index (χ3n) is 0.786. The van der Waals surface area contributed by atoms with E-state index in [1.54, 1.807) is 0 Å². The fourth-order valence-electron chi connectivity index (χ4n) is 0.375. The summed E-state index contributed by atoms with van der Waals surface area (Å²) in [6, 6.07) is 0. The minimum absolute atomic E-state index is 0.544. The van der Waals surface area contributed by atoms with Crippen LogP contribution < -0.4 is 0 Å². The molecular weight excluding hydrogens is 232 g/mol. The molecule has 0 spiro atoms. The molecule has 0 aromatic carbocycles. The summed E-state index contributed by atoms with van der Waals surface area (Å²) < 4.78 is 0. The van der Waals surface area contributed by atoms with Crippen LogP contribution in [0.25, 0.3) is 0 Å². The smallest absolute Gasteiger partial charge is 0.0149 e. The Balaban J connectivity index is 2.93. The number of hydrogen-bond donors (Lipinski definition) is 0. The zero-order chi connectivity index (χ0) is 6.57. The molecule has 0 nitrogen and oxygen atoms in total. The van der Waals surface area contributed by atoms with Crippen LogP contribution in [0, 0.1) is 6.42 Å². The van der Waals surface area contributed by atoms with Crippen LogP contribution >= 0.6 is 31.9 Å². The van der Waals surface area contributed by atoms with Gasteiger partial charge in [-0.2, -0.15) is 0 Å². The van der Waals surface area contributed by atoms with Crippen molar-refractivity contribution < 1.29 is 0 Å². The maximum atomic E-state index is 3.45. The first-order chi connectivity index (χ1) is 3.63. The SMILES string of the molecule is CC(Br)[CH]CC(C)Br. The quantitative estimate of drug-likeness (QED) is 0.668. The second kappa shape index (κ2) is 4.80. The second-order valence-electron chi connectivity index (χ2n) is 1.93. The van der Waals surface area contributed by atoms with E-state index in [2.05, 4.69) is 52.1 Å². The Morgan fingerprint density at radius 3 is 2.00 bits per heavy atom. The van der Waals surface area contributed by atoms with Gasteiger partial charge in [0.15, 0.2) is 0 Å². The highest BCUT2D eigenvalue weighted by Crippen LogP contribution is 2.11. The van der Waals surface area contributed by atoms with Gasteiger partial charge >= 0.3 is 0 Å². The van der Waals surface area contributed by atoms with Crippen LogP contribution in [-0.2, 0) is 0 Å². The molecule has 0 amide bonds. The normalized spacial score (nSPS) is 18.0. The minimum atomic E-state index is 0.544. The summed E-state index contributed by atoms with van der Waals surface area (Å²) in [6.07, 6.45) is 3.37. The average molecular weight is 243 g/mol. The van der Waals surface area contributed by atoms with Crippen molar-refractivity contribution in [3.8, 4) is 0 Å². The largest absolute Gasteiger partial charge is 0.0894 e. The van der Waals surface area contributed by atoms with Gasteiger partial charge in [-0.3, -0.25) is 0 Å². The Labute approximate surface area is 68.3 Å². The van der Waals surface area contributed by atoms with E-state index in [0.29, 0.717) is 9.65 Å². The van der Waals surface area contributed by atoms with Crippen LogP contribution in [0.1, 0.15) is 20.3 Å². The summed E-state index contributed by atoms with van der Waals surface area (Å²) in [5.41, 5.74) is 0. The van der Waals surface area contributed by atoms with Crippen molar-refractivity contribution >= 4 is 31.9 Å². The van der Waals surface area contributed by atoms with Gasteiger partial charge in [-0.15, -0.1) is 0 Å². The van der Waals surface area contributed by atoms with E-state index >= 15 is 0 Å². The molecule has 0 saturated heterocycles. The summed E-state index contributed by atoms with van der Waals surface area (Å²) in [5.74, 6) is 0. The van der Waals surface area contributed by atoms with E-state index in [9.17, 15) is 0 Å². The van der Waals surface area contributed by atoms with Crippen LogP contribution in [-0.4, -0.2) is 9.65 Å². The molecule has 0 aliphatic rings. The maximum absolute atomic E-state index is 3.45. The molecule has 2 atom stereocenters. The highest BCUT2D eigenvalue weighted by atomic mass is 79.9. The standard InChI is InChI=1S/C6H11Br2/c1-5(7)3-4-6(2)8/h3,5-6H,4H2,1-2H3. The van der Waals surface area contributed by atoms with E-state index in [0.717, 1.165) is 6.42 Å². The van der Waals surface area contributed by atoms with Crippen molar-refractivity contribution in [3.05, 3.63) is 6.42 Å². The van der Waals surface area contributed by atoms with Gasteiger partial charge in [0.2, 0.25) is 0 Å². The first-order valence-electron chi connectivity index (χ1n) is 2.74. The fraction of sp³-hybridized carbons (Fsp3) is 0.833. The van der Waals surface area contributed by atoms with Crippen molar-refractivity contribution in [3.63, 3.8) is 0 Å². The van der Waals surface area contributed by atoms with E-state index in [1.165, 1.54) is 0 Å². The van der Waals surface area contributed by atoms with Crippen LogP contribution in [0.15, 0.2) is 0 Å². The molecule has 0 heterocycles. The molecule has 8 heavy (non-hydrogen) atoms. The minimum Gasteiger partial charge on any atom is -0.0894 e. The van der Waals surface area contributed by atoms with Crippen LogP contribution in [0.5, 0.6) is 0 Å². The predicted octanol–water partition coefficient (Wildman–Crippen LogP) is 3.15. The lowest BCUT2D eigenvalue weighted by Crippen LogP contribution is -1.96. The maximum Gasteiger partial charge on any atom is 0.0149 e. The molecule has 2 unspecified atom stereocenters. The lowest BCUT2D eigenvalue weighted by molar-refractivity contribution is 0.893. The monoisotopic (exact) mass is 241 g/mol. The molecule has 0 N–H and O–H groups in total. The van der Waals surface area contributed by atoms with Gasteiger partial charge in [0, 0.05) is 9.65 Å². The first-order valence-corrected chi connectivity index (χ1v) is 4.57. The zero-order valence-corrected chi connectivity index (χ0v) is 8.37. The molecule has 0 aromatic rings. The molecule has 0 aromatic heterocycles. The van der Waals surface area contributed by atoms with E-state index in [1.807, 2.05) is 0 Å². The summed E-state index contributed by atoms with van der Waals surface area (Å²) in [5, 5.41) is 0. The summed E-state index contributed by atoms with van der Waals surface area (Å²) in [6.45, 7) is 4.27. The Morgan fingerprint density at radius 2 is 1.88 bits per heavy atom. The summed E-state index contributed by atoms with van der Waals surface area (Å²) in [4.78, 5) is 1.16. The predicted molar refractivity (Wildman–Crippen MR) is 45.7 cm³/mol. The second-order valence-corrected chi connectivity index (χ2v) is 4.94. The number of rotatable bonds is 3. The van der Waals surface area contributed by atoms with Crippen LogP contribution in [0.2, 0.25) is 0 Å². The Hall–Kier alpha value is 0.960. The number of hydrogen-bond acceptors (Lipinski definition) is 0. The molecule has 2 heteroatoms. The molecule has 0 rings (SSSR count). The lowest BCUT2D eigenvalue weighted by Gasteiger charge is -2.02. The van der Waals surface area contributed by atoms with Gasteiger partial charge < -0.3 is 0 Å².